The molecule has 0 bridgehead atoms. The van der Waals surface area contributed by atoms with Crippen molar-refractivity contribution in [1.29, 1.82) is 0 Å². The first-order valence-corrected chi connectivity index (χ1v) is 18.9. The summed E-state index contributed by atoms with van der Waals surface area (Å²) in [4.78, 5) is 10.4. The highest BCUT2D eigenvalue weighted by molar-refractivity contribution is 6.13. The third-order valence-corrected chi connectivity index (χ3v) is 10.8. The first kappa shape index (κ1) is 31.9. The Hall–Kier alpha value is -7.56. The van der Waals surface area contributed by atoms with Crippen molar-refractivity contribution >= 4 is 43.9 Å². The van der Waals surface area contributed by atoms with Crippen LogP contribution in [0.25, 0.3) is 106 Å². The van der Waals surface area contributed by atoms with Gasteiger partial charge in [-0.05, 0) is 94.0 Å². The molecule has 0 saturated carbocycles. The van der Waals surface area contributed by atoms with Crippen LogP contribution in [0, 0.1) is 0 Å². The van der Waals surface area contributed by atoms with Crippen molar-refractivity contribution in [3.05, 3.63) is 200 Å². The molecule has 4 nitrogen and oxygen atoms in total. The van der Waals surface area contributed by atoms with Crippen molar-refractivity contribution in [2.24, 2.45) is 0 Å². The molecule has 11 rings (SSSR count). The van der Waals surface area contributed by atoms with Gasteiger partial charge in [-0.1, -0.05) is 140 Å². The number of furan rings is 1. The molecule has 0 amide bonds. The van der Waals surface area contributed by atoms with E-state index < -0.39 is 0 Å². The number of fused-ring (bicyclic) bond motifs is 6. The Bertz CT molecular complexity index is 3160. The molecule has 0 fully saturated rings. The van der Waals surface area contributed by atoms with Crippen LogP contribution in [0.3, 0.4) is 0 Å². The summed E-state index contributed by atoms with van der Waals surface area (Å²) in [6.45, 7) is 0. The molecule has 0 atom stereocenters. The molecule has 262 valence electrons. The Morgan fingerprint density at radius 3 is 1.57 bits per heavy atom. The van der Waals surface area contributed by atoms with Gasteiger partial charge in [0.25, 0.3) is 0 Å². The molecule has 3 aromatic heterocycles. The zero-order valence-electron chi connectivity index (χ0n) is 30.3. The summed E-state index contributed by atoms with van der Waals surface area (Å²) in [7, 11) is 0. The maximum Gasteiger partial charge on any atom is 0.231 e. The van der Waals surface area contributed by atoms with Crippen LogP contribution in [0.15, 0.2) is 205 Å². The number of rotatable bonds is 6. The predicted octanol–water partition coefficient (Wildman–Crippen LogP) is 13.8. The van der Waals surface area contributed by atoms with E-state index in [0.717, 1.165) is 72.2 Å². The summed E-state index contributed by atoms with van der Waals surface area (Å²) < 4.78 is 8.97. The minimum Gasteiger partial charge on any atom is -0.438 e. The molecule has 0 spiro atoms. The summed E-state index contributed by atoms with van der Waals surface area (Å²) in [5.74, 6) is 0.624. The molecular formula is C52H33N3O. The molecule has 0 unspecified atom stereocenters. The highest BCUT2D eigenvalue weighted by Gasteiger charge is 2.21. The van der Waals surface area contributed by atoms with Crippen molar-refractivity contribution in [1.82, 2.24) is 14.5 Å². The lowest BCUT2D eigenvalue weighted by Gasteiger charge is -2.12. The van der Waals surface area contributed by atoms with Gasteiger partial charge in [0.1, 0.15) is 5.58 Å². The number of hydrogen-bond acceptors (Lipinski definition) is 3. The fraction of sp³-hybridized carbons (Fsp3) is 0. The average molecular weight is 716 g/mol. The Balaban J connectivity index is 1.15. The van der Waals surface area contributed by atoms with E-state index in [1.807, 2.05) is 30.3 Å². The fourth-order valence-corrected chi connectivity index (χ4v) is 8.15. The van der Waals surface area contributed by atoms with Gasteiger partial charge < -0.3 is 8.98 Å². The van der Waals surface area contributed by atoms with E-state index >= 15 is 0 Å². The molecule has 4 heteroatoms. The lowest BCUT2D eigenvalue weighted by molar-refractivity contribution is 0.653. The SMILES string of the molecule is c1ccc(-c2cc(-c3ccccc3)cc(-c3nc(-c4ccccc4)nc4oc5ccc(-c6ccc7c(c6)c6ccccc6n7-c6ccccc6)cc5c34)c2)cc1. The van der Waals surface area contributed by atoms with Gasteiger partial charge in [0.2, 0.25) is 5.71 Å². The van der Waals surface area contributed by atoms with E-state index in [4.69, 9.17) is 14.4 Å². The summed E-state index contributed by atoms with van der Waals surface area (Å²) in [6, 6.07) is 70.5. The maximum absolute atomic E-state index is 6.62. The van der Waals surface area contributed by atoms with Gasteiger partial charge in [0.05, 0.1) is 22.1 Å². The van der Waals surface area contributed by atoms with Crippen LogP contribution in [0.2, 0.25) is 0 Å². The average Bonchev–Trinajstić information content (AvgIpc) is 3.82. The Kier molecular flexibility index (Phi) is 7.46. The van der Waals surface area contributed by atoms with E-state index in [9.17, 15) is 0 Å². The van der Waals surface area contributed by atoms with Gasteiger partial charge >= 0.3 is 0 Å². The minimum atomic E-state index is 0.564. The molecule has 0 N–H and O–H groups in total. The third kappa shape index (κ3) is 5.39. The maximum atomic E-state index is 6.62. The highest BCUT2D eigenvalue weighted by Crippen LogP contribution is 2.42. The molecule has 0 saturated heterocycles. The van der Waals surface area contributed by atoms with Crippen LogP contribution in [-0.2, 0) is 0 Å². The van der Waals surface area contributed by atoms with Crippen LogP contribution >= 0.6 is 0 Å². The van der Waals surface area contributed by atoms with Crippen LogP contribution < -0.4 is 0 Å². The molecule has 0 aliphatic rings. The van der Waals surface area contributed by atoms with E-state index in [1.54, 1.807) is 0 Å². The number of hydrogen-bond donors (Lipinski definition) is 0. The second kappa shape index (κ2) is 13.1. The van der Waals surface area contributed by atoms with E-state index in [-0.39, 0.29) is 0 Å². The van der Waals surface area contributed by atoms with Gasteiger partial charge in [0, 0.05) is 33.0 Å². The molecule has 0 aliphatic carbocycles. The summed E-state index contributed by atoms with van der Waals surface area (Å²) in [5.41, 5.74) is 14.4. The zero-order valence-corrected chi connectivity index (χ0v) is 30.3. The van der Waals surface area contributed by atoms with Crippen molar-refractivity contribution < 1.29 is 4.42 Å². The van der Waals surface area contributed by atoms with Crippen molar-refractivity contribution in [2.75, 3.05) is 0 Å². The Labute approximate surface area is 323 Å². The second-order valence-electron chi connectivity index (χ2n) is 14.2. The predicted molar refractivity (Wildman–Crippen MR) is 231 cm³/mol. The highest BCUT2D eigenvalue weighted by atomic mass is 16.3. The molecule has 11 aromatic rings. The van der Waals surface area contributed by atoms with Crippen LogP contribution in [-0.4, -0.2) is 14.5 Å². The van der Waals surface area contributed by atoms with Crippen LogP contribution in [0.1, 0.15) is 0 Å². The first-order valence-electron chi connectivity index (χ1n) is 18.9. The smallest absolute Gasteiger partial charge is 0.231 e. The number of para-hydroxylation sites is 2. The van der Waals surface area contributed by atoms with Gasteiger partial charge in [-0.25, -0.2) is 4.98 Å². The number of aromatic nitrogens is 3. The van der Waals surface area contributed by atoms with Gasteiger partial charge in [-0.3, -0.25) is 0 Å². The van der Waals surface area contributed by atoms with Crippen LogP contribution in [0.5, 0.6) is 0 Å². The standard InChI is InChI=1S/C52H33N3O/c1-5-15-34(16-6-1)39-29-40(35-17-7-2-8-18-35)31-41(30-39)50-49-45-33-38(26-28-48(45)56-52(49)54-51(53-50)36-19-9-3-10-20-36)37-25-27-47-44(32-37)43-23-13-14-24-46(43)55(47)42-21-11-4-12-22-42/h1-33H. The Morgan fingerprint density at radius 1 is 0.357 bits per heavy atom. The topological polar surface area (TPSA) is 43.9 Å². The van der Waals surface area contributed by atoms with Crippen molar-refractivity contribution in [3.8, 4) is 61.7 Å². The van der Waals surface area contributed by atoms with Gasteiger partial charge in [-0.15, -0.1) is 0 Å². The third-order valence-electron chi connectivity index (χ3n) is 10.8. The molecule has 8 aromatic carbocycles. The molecule has 56 heavy (non-hydrogen) atoms. The van der Waals surface area contributed by atoms with Crippen molar-refractivity contribution in [3.63, 3.8) is 0 Å². The monoisotopic (exact) mass is 715 g/mol. The lowest BCUT2D eigenvalue weighted by atomic mass is 9.93. The lowest BCUT2D eigenvalue weighted by Crippen LogP contribution is -1.95. The van der Waals surface area contributed by atoms with Gasteiger partial charge in [0.15, 0.2) is 5.82 Å². The summed E-state index contributed by atoms with van der Waals surface area (Å²) in [5, 5.41) is 4.30. The quantitative estimate of drug-likeness (QED) is 0.172. The zero-order chi connectivity index (χ0) is 37.0. The largest absolute Gasteiger partial charge is 0.438 e. The van der Waals surface area contributed by atoms with E-state index in [1.165, 1.54) is 21.8 Å². The second-order valence-corrected chi connectivity index (χ2v) is 14.2. The van der Waals surface area contributed by atoms with Gasteiger partial charge in [-0.2, -0.15) is 4.98 Å². The summed E-state index contributed by atoms with van der Waals surface area (Å²) >= 11 is 0. The van der Waals surface area contributed by atoms with Crippen LogP contribution in [0.4, 0.5) is 0 Å². The molecular weight excluding hydrogens is 683 g/mol. The van der Waals surface area contributed by atoms with E-state index in [2.05, 4.69) is 174 Å². The fourth-order valence-electron chi connectivity index (χ4n) is 8.15. The normalized spacial score (nSPS) is 11.6. The molecule has 3 heterocycles. The van der Waals surface area contributed by atoms with E-state index in [0.29, 0.717) is 11.5 Å². The number of nitrogens with zero attached hydrogens (tertiary/aromatic N) is 3. The molecule has 0 aliphatic heterocycles. The summed E-state index contributed by atoms with van der Waals surface area (Å²) in [6.07, 6.45) is 0. The molecule has 0 radical (unpaired) electrons. The number of benzene rings is 8. The minimum absolute atomic E-state index is 0.564. The van der Waals surface area contributed by atoms with Crippen molar-refractivity contribution in [2.45, 2.75) is 0 Å². The first-order chi connectivity index (χ1) is 27.7. The Morgan fingerprint density at radius 2 is 0.893 bits per heavy atom.